The van der Waals surface area contributed by atoms with E-state index < -0.39 is 42.0 Å². The molecule has 4 rings (SSSR count). The van der Waals surface area contributed by atoms with Crippen LogP contribution in [0.1, 0.15) is 69.4 Å². The van der Waals surface area contributed by atoms with Gasteiger partial charge in [0.05, 0.1) is 19.3 Å². The molecule has 1 saturated carbocycles. The number of amides is 4. The Kier molecular flexibility index (Phi) is 14.5. The van der Waals surface area contributed by atoms with Gasteiger partial charge in [-0.25, -0.2) is 9.59 Å². The van der Waals surface area contributed by atoms with Gasteiger partial charge in [0.1, 0.15) is 18.7 Å². The molecule has 2 aromatic rings. The van der Waals surface area contributed by atoms with E-state index in [0.29, 0.717) is 45.6 Å². The molecule has 1 aliphatic heterocycles. The summed E-state index contributed by atoms with van der Waals surface area (Å²) in [6, 6.07) is 15.4. The molecule has 0 spiro atoms. The van der Waals surface area contributed by atoms with Crippen molar-refractivity contribution >= 4 is 23.8 Å². The molecule has 1 aliphatic carbocycles. The van der Waals surface area contributed by atoms with Gasteiger partial charge in [-0.3, -0.25) is 9.59 Å². The van der Waals surface area contributed by atoms with E-state index in [1.54, 1.807) is 4.90 Å². The lowest BCUT2D eigenvalue weighted by Gasteiger charge is -2.31. The molecule has 47 heavy (non-hydrogen) atoms. The summed E-state index contributed by atoms with van der Waals surface area (Å²) in [5.74, 6) is -1.54. The van der Waals surface area contributed by atoms with Crippen LogP contribution < -0.4 is 16.0 Å². The highest BCUT2D eigenvalue weighted by atomic mass is 16.5. The van der Waals surface area contributed by atoms with Crippen molar-refractivity contribution < 1.29 is 33.8 Å². The van der Waals surface area contributed by atoms with E-state index >= 15 is 0 Å². The molecule has 2 aliphatic rings. The van der Waals surface area contributed by atoms with Gasteiger partial charge in [0, 0.05) is 19.5 Å². The van der Waals surface area contributed by atoms with E-state index in [-0.39, 0.29) is 25.0 Å². The van der Waals surface area contributed by atoms with Crippen LogP contribution in [0.4, 0.5) is 4.79 Å². The second-order valence-electron chi connectivity index (χ2n) is 12.5. The summed E-state index contributed by atoms with van der Waals surface area (Å²) < 4.78 is 10.8. The third-order valence-corrected chi connectivity index (χ3v) is 8.89. The number of carbonyl (C=O) groups is 4. The monoisotopic (exact) mass is 650 g/mol. The van der Waals surface area contributed by atoms with Crippen LogP contribution >= 0.6 is 0 Å². The number of rotatable bonds is 15. The number of hydrogen-bond acceptors (Lipinski definition) is 7. The summed E-state index contributed by atoms with van der Waals surface area (Å²) in [6.07, 6.45) is 5.20. The van der Waals surface area contributed by atoms with Crippen molar-refractivity contribution in [2.24, 2.45) is 5.92 Å². The van der Waals surface area contributed by atoms with Gasteiger partial charge < -0.3 is 35.4 Å². The van der Waals surface area contributed by atoms with Crippen LogP contribution in [0.3, 0.4) is 0 Å². The largest absolute Gasteiger partial charge is 0.459 e. The average Bonchev–Trinajstić information content (AvgIpc) is 3.11. The number of nitrogens with one attached hydrogen (secondary N) is 3. The normalized spacial score (nSPS) is 17.9. The number of ether oxygens (including phenoxy) is 2. The molecule has 1 saturated heterocycles. The number of benzene rings is 2. The number of esters is 1. The zero-order chi connectivity index (χ0) is 33.4. The van der Waals surface area contributed by atoms with Crippen LogP contribution in [0.25, 0.3) is 0 Å². The smallest absolute Gasteiger partial charge is 0.337 e. The molecular formula is C36H50N4O7. The maximum absolute atomic E-state index is 13.8. The summed E-state index contributed by atoms with van der Waals surface area (Å²) >= 11 is 0. The second-order valence-corrected chi connectivity index (χ2v) is 12.5. The number of aliphatic hydroxyl groups excluding tert-OH is 1. The topological polar surface area (TPSA) is 146 Å². The minimum absolute atomic E-state index is 0.00826. The minimum atomic E-state index is -1.57. The fraction of sp³-hybridized carbons (Fsp3) is 0.556. The predicted molar refractivity (Wildman–Crippen MR) is 177 cm³/mol. The van der Waals surface area contributed by atoms with E-state index in [9.17, 15) is 24.3 Å². The van der Waals surface area contributed by atoms with Gasteiger partial charge in [0.15, 0.2) is 6.10 Å². The van der Waals surface area contributed by atoms with Gasteiger partial charge in [0.2, 0.25) is 11.8 Å². The Hall–Kier alpha value is -3.96. The molecule has 0 unspecified atom stereocenters. The first kappa shape index (κ1) is 35.9. The summed E-state index contributed by atoms with van der Waals surface area (Å²) in [4.78, 5) is 55.2. The Balaban J connectivity index is 1.45. The van der Waals surface area contributed by atoms with E-state index in [1.165, 1.54) is 0 Å². The molecule has 11 heteroatoms. The summed E-state index contributed by atoms with van der Waals surface area (Å²) in [5.41, 5.74) is 1.65. The molecular weight excluding hydrogens is 600 g/mol. The molecule has 4 N–H and O–H groups in total. The SMILES string of the molecule is CCC[C@H](NC(=O)[C@H](Cc1ccccc1)NC(=O)N1CCOCC1)C(=O)N[C@@H](CC1CCCCC1)[C@@H](O)C(=O)OCc1ccccc1. The molecule has 11 nitrogen and oxygen atoms in total. The lowest BCUT2D eigenvalue weighted by atomic mass is 9.83. The lowest BCUT2D eigenvalue weighted by molar-refractivity contribution is -0.157. The van der Waals surface area contributed by atoms with Gasteiger partial charge in [-0.15, -0.1) is 0 Å². The number of aliphatic hydroxyl groups is 1. The van der Waals surface area contributed by atoms with Gasteiger partial charge in [-0.2, -0.15) is 0 Å². The number of nitrogens with zero attached hydrogens (tertiary/aromatic N) is 1. The standard InChI is InChI=1S/C36H50N4O7/c1-2-12-29(37-34(43)31(24-27-15-8-4-9-16-27)39-36(45)40-19-21-46-22-20-40)33(42)38-30(23-26-13-6-3-7-14-26)32(41)35(44)47-25-28-17-10-5-11-18-28/h4-5,8-11,15-18,26,29-32,41H,2-3,6-7,12-14,19-25H2,1H3,(H,37,43)(H,38,42)(H,39,45)/t29-,30-,31-,32+/m0/s1. The minimum Gasteiger partial charge on any atom is -0.459 e. The Morgan fingerprint density at radius 1 is 0.851 bits per heavy atom. The highest BCUT2D eigenvalue weighted by Gasteiger charge is 2.35. The average molecular weight is 651 g/mol. The van der Waals surface area contributed by atoms with Crippen molar-refractivity contribution in [3.8, 4) is 0 Å². The van der Waals surface area contributed by atoms with Crippen molar-refractivity contribution in [2.75, 3.05) is 26.3 Å². The van der Waals surface area contributed by atoms with Crippen molar-refractivity contribution in [1.82, 2.24) is 20.9 Å². The van der Waals surface area contributed by atoms with Crippen LogP contribution in [0.2, 0.25) is 0 Å². The van der Waals surface area contributed by atoms with Crippen molar-refractivity contribution in [3.05, 3.63) is 71.8 Å². The zero-order valence-electron chi connectivity index (χ0n) is 27.4. The molecule has 0 aromatic heterocycles. The Bertz CT molecular complexity index is 1270. The quantitative estimate of drug-likeness (QED) is 0.216. The van der Waals surface area contributed by atoms with Crippen molar-refractivity contribution in [1.29, 1.82) is 0 Å². The zero-order valence-corrected chi connectivity index (χ0v) is 27.4. The van der Waals surface area contributed by atoms with E-state index in [4.69, 9.17) is 9.47 Å². The Labute approximate surface area is 277 Å². The van der Waals surface area contributed by atoms with E-state index in [2.05, 4.69) is 16.0 Å². The first-order chi connectivity index (χ1) is 22.8. The van der Waals surface area contributed by atoms with Gasteiger partial charge >= 0.3 is 12.0 Å². The third kappa shape index (κ3) is 11.7. The highest BCUT2D eigenvalue weighted by Crippen LogP contribution is 2.28. The van der Waals surface area contributed by atoms with Gasteiger partial charge in [0.25, 0.3) is 0 Å². The Morgan fingerprint density at radius 2 is 1.47 bits per heavy atom. The highest BCUT2D eigenvalue weighted by molar-refractivity contribution is 5.92. The molecule has 256 valence electrons. The van der Waals surface area contributed by atoms with E-state index in [1.807, 2.05) is 67.6 Å². The first-order valence-corrected chi connectivity index (χ1v) is 17.0. The van der Waals surface area contributed by atoms with Crippen molar-refractivity contribution in [3.63, 3.8) is 0 Å². The fourth-order valence-corrected chi connectivity index (χ4v) is 6.21. The molecule has 4 amide bonds. The summed E-state index contributed by atoms with van der Waals surface area (Å²) in [7, 11) is 0. The molecule has 2 fully saturated rings. The van der Waals surface area contributed by atoms with Crippen LogP contribution in [0.15, 0.2) is 60.7 Å². The maximum Gasteiger partial charge on any atom is 0.337 e. The number of hydrogen-bond donors (Lipinski definition) is 4. The third-order valence-electron chi connectivity index (χ3n) is 8.89. The number of urea groups is 1. The van der Waals surface area contributed by atoms with E-state index in [0.717, 1.165) is 43.2 Å². The molecule has 2 aromatic carbocycles. The second kappa shape index (κ2) is 19.0. The van der Waals surface area contributed by atoms with Crippen LogP contribution in [0, 0.1) is 5.92 Å². The van der Waals surface area contributed by atoms with Crippen molar-refractivity contribution in [2.45, 2.75) is 95.5 Å². The molecule has 0 radical (unpaired) electrons. The summed E-state index contributed by atoms with van der Waals surface area (Å²) in [5, 5.41) is 19.8. The summed E-state index contributed by atoms with van der Waals surface area (Å²) in [6.45, 7) is 3.61. The van der Waals surface area contributed by atoms with Gasteiger partial charge in [-0.05, 0) is 29.9 Å². The Morgan fingerprint density at radius 3 is 2.11 bits per heavy atom. The van der Waals surface area contributed by atoms with Gasteiger partial charge in [-0.1, -0.05) is 106 Å². The first-order valence-electron chi connectivity index (χ1n) is 17.0. The molecule has 1 heterocycles. The maximum atomic E-state index is 13.8. The fourth-order valence-electron chi connectivity index (χ4n) is 6.21. The number of carbonyl (C=O) groups excluding carboxylic acids is 4. The lowest BCUT2D eigenvalue weighted by Crippen LogP contribution is -2.59. The van der Waals surface area contributed by atoms with Crippen LogP contribution in [-0.4, -0.2) is 84.4 Å². The number of morpholine rings is 1. The predicted octanol–water partition coefficient (Wildman–Crippen LogP) is 3.48. The molecule has 0 bridgehead atoms. The van der Waals surface area contributed by atoms with Crippen LogP contribution in [0.5, 0.6) is 0 Å². The molecule has 4 atom stereocenters. The van der Waals surface area contributed by atoms with Crippen LogP contribution in [-0.2, 0) is 36.9 Å².